The molecule has 5 heteroatoms. The molecule has 35 heavy (non-hydrogen) atoms. The van der Waals surface area contributed by atoms with Crippen LogP contribution in [0.25, 0.3) is 0 Å². The minimum Gasteiger partial charge on any atom is -0.497 e. The maximum Gasteiger partial charge on any atom is 0.261 e. The molecule has 0 aliphatic carbocycles. The van der Waals surface area contributed by atoms with E-state index in [0.29, 0.717) is 13.0 Å². The van der Waals surface area contributed by atoms with Gasteiger partial charge >= 0.3 is 0 Å². The Morgan fingerprint density at radius 2 is 1.43 bits per heavy atom. The fourth-order valence-electron chi connectivity index (χ4n) is 4.50. The van der Waals surface area contributed by atoms with Gasteiger partial charge in [0.2, 0.25) is 0 Å². The Labute approximate surface area is 211 Å². The third-order valence-electron chi connectivity index (χ3n) is 6.34. The number of aliphatic hydroxyl groups is 1. The summed E-state index contributed by atoms with van der Waals surface area (Å²) in [6, 6.07) is 28.6. The second kappa shape index (κ2) is 12.3. The predicted octanol–water partition coefficient (Wildman–Crippen LogP) is 5.09. The summed E-state index contributed by atoms with van der Waals surface area (Å²) >= 11 is 0. The van der Waals surface area contributed by atoms with Crippen LogP contribution in [0.15, 0.2) is 97.6 Å². The van der Waals surface area contributed by atoms with Gasteiger partial charge in [-0.25, -0.2) is 0 Å². The van der Waals surface area contributed by atoms with Gasteiger partial charge in [0.15, 0.2) is 0 Å². The summed E-state index contributed by atoms with van der Waals surface area (Å²) in [7, 11) is -1.09. The number of aliphatic hydroxyl groups excluding tert-OH is 1. The van der Waals surface area contributed by atoms with Crippen molar-refractivity contribution in [1.29, 1.82) is 0 Å². The van der Waals surface area contributed by atoms with Crippen molar-refractivity contribution < 1.29 is 19.0 Å². The predicted molar refractivity (Wildman–Crippen MR) is 146 cm³/mol. The van der Waals surface area contributed by atoms with Crippen molar-refractivity contribution in [3.63, 3.8) is 0 Å². The average molecular weight is 491 g/mol. The number of hydrogen-bond donors (Lipinski definition) is 1. The molecule has 0 amide bonds. The van der Waals surface area contributed by atoms with E-state index in [1.165, 1.54) is 10.4 Å². The van der Waals surface area contributed by atoms with Crippen LogP contribution >= 0.6 is 0 Å². The third-order valence-corrected chi connectivity index (χ3v) is 11.3. The van der Waals surface area contributed by atoms with Gasteiger partial charge in [-0.2, -0.15) is 0 Å². The molecule has 4 nitrogen and oxygen atoms in total. The lowest BCUT2D eigenvalue weighted by atomic mass is 10.1. The van der Waals surface area contributed by atoms with E-state index in [2.05, 4.69) is 75.9 Å². The molecule has 3 aromatic rings. The topological polar surface area (TPSA) is 47.9 Å². The van der Waals surface area contributed by atoms with E-state index in [1.807, 2.05) is 36.4 Å². The zero-order chi connectivity index (χ0) is 25.3. The van der Waals surface area contributed by atoms with E-state index in [9.17, 15) is 5.11 Å². The molecular formula is C30H38O4Si. The van der Waals surface area contributed by atoms with Gasteiger partial charge in [-0.3, -0.25) is 0 Å². The van der Waals surface area contributed by atoms with E-state index in [1.54, 1.807) is 13.2 Å². The Morgan fingerprint density at radius 1 is 0.886 bits per heavy atom. The van der Waals surface area contributed by atoms with Gasteiger partial charge in [-0.05, 0) is 39.5 Å². The first-order valence-corrected chi connectivity index (χ1v) is 14.0. The van der Waals surface area contributed by atoms with Gasteiger partial charge in [-0.1, -0.05) is 99.6 Å². The maximum absolute atomic E-state index is 11.2. The largest absolute Gasteiger partial charge is 0.497 e. The Balaban J connectivity index is 1.83. The van der Waals surface area contributed by atoms with Crippen LogP contribution in [-0.4, -0.2) is 39.3 Å². The summed E-state index contributed by atoms with van der Waals surface area (Å²) in [5, 5.41) is 13.4. The lowest BCUT2D eigenvalue weighted by Crippen LogP contribution is -2.67. The van der Waals surface area contributed by atoms with Crippen molar-refractivity contribution in [2.24, 2.45) is 0 Å². The quantitative estimate of drug-likeness (QED) is 0.284. The zero-order valence-corrected chi connectivity index (χ0v) is 22.3. The Hall–Kier alpha value is -2.70. The van der Waals surface area contributed by atoms with E-state index in [-0.39, 0.29) is 11.6 Å². The SMILES string of the molecule is C=CC[C@@H](OCc1ccc(OC)cc1)[C@H](O)CO[Si](c1ccccc1)(c1ccccc1)C(C)(C)C. The minimum atomic E-state index is -2.73. The standard InChI is InChI=1S/C30H38O4Si/c1-6-13-29(33-22-24-18-20-25(32-5)21-19-24)28(31)23-34-35(30(2,3)4,26-14-9-7-10-15-26)27-16-11-8-12-17-27/h6-12,14-21,28-29,31H,1,13,22-23H2,2-5H3/t28-,29-/m1/s1. The first kappa shape index (κ1) is 26.9. The summed E-state index contributed by atoms with van der Waals surface area (Å²) in [4.78, 5) is 0. The Bertz CT molecular complexity index is 990. The van der Waals surface area contributed by atoms with Crippen LogP contribution in [0.5, 0.6) is 5.75 Å². The van der Waals surface area contributed by atoms with Gasteiger partial charge in [0, 0.05) is 0 Å². The van der Waals surface area contributed by atoms with Crippen molar-refractivity contribution in [2.75, 3.05) is 13.7 Å². The second-order valence-corrected chi connectivity index (χ2v) is 14.1. The third kappa shape index (κ3) is 6.50. The number of methoxy groups -OCH3 is 1. The van der Waals surface area contributed by atoms with Crippen LogP contribution < -0.4 is 15.1 Å². The minimum absolute atomic E-state index is 0.159. The van der Waals surface area contributed by atoms with Crippen LogP contribution in [0, 0.1) is 0 Å². The molecular weight excluding hydrogens is 452 g/mol. The summed E-state index contributed by atoms with van der Waals surface area (Å²) in [6.45, 7) is 11.1. The summed E-state index contributed by atoms with van der Waals surface area (Å²) < 4.78 is 18.3. The van der Waals surface area contributed by atoms with Gasteiger partial charge in [0.1, 0.15) is 11.9 Å². The molecule has 0 aromatic heterocycles. The number of rotatable bonds is 12. The van der Waals surface area contributed by atoms with Gasteiger partial charge in [-0.15, -0.1) is 6.58 Å². The molecule has 0 aliphatic rings. The van der Waals surface area contributed by atoms with Gasteiger partial charge in [0.25, 0.3) is 8.32 Å². The number of benzene rings is 3. The van der Waals surface area contributed by atoms with Crippen LogP contribution in [0.1, 0.15) is 32.8 Å². The highest BCUT2D eigenvalue weighted by molar-refractivity contribution is 6.99. The molecule has 2 atom stereocenters. The highest BCUT2D eigenvalue weighted by atomic mass is 28.4. The fourth-order valence-corrected chi connectivity index (χ4v) is 9.08. The summed E-state index contributed by atoms with van der Waals surface area (Å²) in [5.41, 5.74) is 1.01. The van der Waals surface area contributed by atoms with Crippen LogP contribution in [0.2, 0.25) is 5.04 Å². The van der Waals surface area contributed by atoms with E-state index < -0.39 is 20.5 Å². The van der Waals surface area contributed by atoms with Gasteiger partial charge in [0.05, 0.1) is 26.4 Å². The lowest BCUT2D eigenvalue weighted by Gasteiger charge is -2.43. The molecule has 0 spiro atoms. The first-order valence-electron chi connectivity index (χ1n) is 12.1. The van der Waals surface area contributed by atoms with E-state index in [0.717, 1.165) is 11.3 Å². The number of hydrogen-bond acceptors (Lipinski definition) is 4. The average Bonchev–Trinajstić information content (AvgIpc) is 2.87. The normalized spacial score (nSPS) is 13.7. The molecule has 1 N–H and O–H groups in total. The molecule has 0 unspecified atom stereocenters. The monoisotopic (exact) mass is 490 g/mol. The van der Waals surface area contributed by atoms with Crippen LogP contribution in [0.3, 0.4) is 0 Å². The number of ether oxygens (including phenoxy) is 2. The Morgan fingerprint density at radius 3 is 1.89 bits per heavy atom. The fraction of sp³-hybridized carbons (Fsp3) is 0.333. The summed E-state index contributed by atoms with van der Waals surface area (Å²) in [5.74, 6) is 0.801. The molecule has 0 aliphatic heterocycles. The molecule has 0 saturated carbocycles. The van der Waals surface area contributed by atoms with Crippen LogP contribution in [0.4, 0.5) is 0 Å². The molecule has 0 radical (unpaired) electrons. The van der Waals surface area contributed by atoms with Crippen molar-refractivity contribution in [3.8, 4) is 5.75 Å². The van der Waals surface area contributed by atoms with E-state index >= 15 is 0 Å². The molecule has 0 heterocycles. The highest BCUT2D eigenvalue weighted by Crippen LogP contribution is 2.37. The molecule has 0 bridgehead atoms. The smallest absolute Gasteiger partial charge is 0.261 e. The van der Waals surface area contributed by atoms with Crippen molar-refractivity contribution in [3.05, 3.63) is 103 Å². The lowest BCUT2D eigenvalue weighted by molar-refractivity contribution is -0.0603. The molecule has 0 fully saturated rings. The molecule has 3 rings (SSSR count). The Kier molecular flexibility index (Phi) is 9.46. The van der Waals surface area contributed by atoms with Crippen molar-refractivity contribution in [2.45, 2.75) is 51.0 Å². The van der Waals surface area contributed by atoms with E-state index in [4.69, 9.17) is 13.9 Å². The van der Waals surface area contributed by atoms with Crippen LogP contribution in [-0.2, 0) is 15.8 Å². The first-order chi connectivity index (χ1) is 16.8. The maximum atomic E-state index is 11.2. The molecule has 3 aromatic carbocycles. The molecule has 0 saturated heterocycles. The van der Waals surface area contributed by atoms with Gasteiger partial charge < -0.3 is 19.0 Å². The second-order valence-electron chi connectivity index (χ2n) is 9.76. The summed E-state index contributed by atoms with van der Waals surface area (Å²) in [6.07, 6.45) is 1.09. The highest BCUT2D eigenvalue weighted by Gasteiger charge is 2.50. The molecule has 186 valence electrons. The zero-order valence-electron chi connectivity index (χ0n) is 21.3. The van der Waals surface area contributed by atoms with Crippen molar-refractivity contribution >= 4 is 18.7 Å². The van der Waals surface area contributed by atoms with Crippen molar-refractivity contribution in [1.82, 2.24) is 0 Å².